The van der Waals surface area contributed by atoms with Crippen molar-refractivity contribution in [2.24, 2.45) is 5.73 Å². The number of hydrogen-bond donors (Lipinski definition) is 3. The summed E-state index contributed by atoms with van der Waals surface area (Å²) in [5.74, 6) is -2.91. The summed E-state index contributed by atoms with van der Waals surface area (Å²) in [7, 11) is 0. The lowest BCUT2D eigenvalue weighted by Gasteiger charge is -2.33. The van der Waals surface area contributed by atoms with Gasteiger partial charge in [0.05, 0.1) is 35.0 Å². The molecule has 2 aromatic heterocycles. The molecule has 1 atom stereocenters. The number of benzene rings is 1. The molecule has 1 aliphatic rings. The molecule has 0 spiro atoms. The lowest BCUT2D eigenvalue weighted by Crippen LogP contribution is -2.43. The van der Waals surface area contributed by atoms with E-state index in [4.69, 9.17) is 11.5 Å². The van der Waals surface area contributed by atoms with Crippen LogP contribution in [0.3, 0.4) is 0 Å². The Balaban J connectivity index is 1.64. The minimum Gasteiger partial charge on any atom is -0.396 e. The summed E-state index contributed by atoms with van der Waals surface area (Å²) < 4.78 is 27.7. The SMILES string of the molecule is Nc1cnc(-c2cccc(F)c2F)nc1C(=O)Nc1cnccc1N1CCCC(N)C1. The molecule has 160 valence electrons. The van der Waals surface area contributed by atoms with Crippen LogP contribution in [0, 0.1) is 11.6 Å². The maximum atomic E-state index is 14.1. The van der Waals surface area contributed by atoms with Gasteiger partial charge in [0.1, 0.15) is 0 Å². The van der Waals surface area contributed by atoms with Crippen molar-refractivity contribution in [1.82, 2.24) is 15.0 Å². The molecule has 1 amide bonds. The van der Waals surface area contributed by atoms with Crippen LogP contribution >= 0.6 is 0 Å². The van der Waals surface area contributed by atoms with Gasteiger partial charge in [-0.2, -0.15) is 0 Å². The first kappa shape index (κ1) is 20.6. The van der Waals surface area contributed by atoms with Gasteiger partial charge in [-0.05, 0) is 31.0 Å². The van der Waals surface area contributed by atoms with Gasteiger partial charge in [0, 0.05) is 25.3 Å². The molecular weight excluding hydrogens is 404 g/mol. The summed E-state index contributed by atoms with van der Waals surface area (Å²) in [5, 5.41) is 2.76. The third-order valence-corrected chi connectivity index (χ3v) is 5.07. The molecule has 0 aliphatic carbocycles. The summed E-state index contributed by atoms with van der Waals surface area (Å²) in [6, 6.07) is 5.49. The van der Waals surface area contributed by atoms with Crippen molar-refractivity contribution in [2.45, 2.75) is 18.9 Å². The van der Waals surface area contributed by atoms with Gasteiger partial charge in [-0.15, -0.1) is 0 Å². The lowest BCUT2D eigenvalue weighted by molar-refractivity contribution is 0.102. The molecule has 1 unspecified atom stereocenters. The van der Waals surface area contributed by atoms with Crippen LogP contribution in [0.1, 0.15) is 23.3 Å². The second kappa shape index (κ2) is 8.60. The van der Waals surface area contributed by atoms with Crippen LogP contribution in [0.4, 0.5) is 25.8 Å². The third-order valence-electron chi connectivity index (χ3n) is 5.07. The molecule has 0 saturated carbocycles. The minimum atomic E-state index is -1.10. The zero-order chi connectivity index (χ0) is 22.0. The largest absolute Gasteiger partial charge is 0.396 e. The Kier molecular flexibility index (Phi) is 5.72. The van der Waals surface area contributed by atoms with Gasteiger partial charge in [0.2, 0.25) is 0 Å². The van der Waals surface area contributed by atoms with Crippen LogP contribution in [-0.4, -0.2) is 40.0 Å². The first-order valence-electron chi connectivity index (χ1n) is 9.77. The standard InChI is InChI=1S/C21H21F2N7O/c22-14-5-1-4-13(18(14)23)20-27-9-15(25)19(29-20)21(31)28-16-10-26-7-6-17(16)30-8-2-3-12(24)11-30/h1,4-7,9-10,12H,2-3,8,11,24-25H2,(H,28,31). The summed E-state index contributed by atoms with van der Waals surface area (Å²) in [4.78, 5) is 27.2. The number of carbonyl (C=O) groups excluding carboxylic acids is 1. The zero-order valence-corrected chi connectivity index (χ0v) is 16.6. The van der Waals surface area contributed by atoms with Crippen molar-refractivity contribution in [3.05, 3.63) is 60.2 Å². The number of anilines is 3. The van der Waals surface area contributed by atoms with Gasteiger partial charge in [0.25, 0.3) is 5.91 Å². The fraction of sp³-hybridized carbons (Fsp3) is 0.238. The predicted octanol–water partition coefficient (Wildman–Crippen LogP) is 2.58. The second-order valence-corrected chi connectivity index (χ2v) is 7.29. The number of nitrogens with one attached hydrogen (secondary N) is 1. The molecule has 3 heterocycles. The topological polar surface area (TPSA) is 123 Å². The Morgan fingerprint density at radius 3 is 2.87 bits per heavy atom. The smallest absolute Gasteiger partial charge is 0.276 e. The Morgan fingerprint density at radius 1 is 1.23 bits per heavy atom. The number of aromatic nitrogens is 3. The number of amides is 1. The number of nitrogens with two attached hydrogens (primary N) is 2. The summed E-state index contributed by atoms with van der Waals surface area (Å²) >= 11 is 0. The Bertz CT molecular complexity index is 1120. The van der Waals surface area contributed by atoms with Gasteiger partial charge in [-0.25, -0.2) is 18.7 Å². The Hall–Kier alpha value is -3.66. The van der Waals surface area contributed by atoms with E-state index in [0.717, 1.165) is 31.1 Å². The monoisotopic (exact) mass is 425 g/mol. The molecule has 1 aliphatic heterocycles. The third kappa shape index (κ3) is 4.29. The van der Waals surface area contributed by atoms with E-state index in [2.05, 4.69) is 25.2 Å². The molecule has 31 heavy (non-hydrogen) atoms. The van der Waals surface area contributed by atoms with E-state index in [1.807, 2.05) is 0 Å². The van der Waals surface area contributed by atoms with Gasteiger partial charge < -0.3 is 21.7 Å². The molecule has 5 N–H and O–H groups in total. The predicted molar refractivity (Wildman–Crippen MR) is 113 cm³/mol. The molecule has 4 rings (SSSR count). The van der Waals surface area contributed by atoms with E-state index >= 15 is 0 Å². The molecule has 8 nitrogen and oxygen atoms in total. The first-order valence-corrected chi connectivity index (χ1v) is 9.77. The average molecular weight is 425 g/mol. The van der Waals surface area contributed by atoms with Gasteiger partial charge in [-0.1, -0.05) is 6.07 Å². The van der Waals surface area contributed by atoms with Crippen LogP contribution in [0.5, 0.6) is 0 Å². The highest BCUT2D eigenvalue weighted by Gasteiger charge is 2.22. The highest BCUT2D eigenvalue weighted by molar-refractivity contribution is 6.07. The number of halogens is 2. The van der Waals surface area contributed by atoms with Crippen LogP contribution in [0.25, 0.3) is 11.4 Å². The number of carbonyl (C=O) groups is 1. The number of hydrogen-bond acceptors (Lipinski definition) is 7. The van der Waals surface area contributed by atoms with Crippen LogP contribution in [0.15, 0.2) is 42.9 Å². The molecule has 1 fully saturated rings. The number of nitrogen functional groups attached to an aromatic ring is 1. The Morgan fingerprint density at radius 2 is 2.06 bits per heavy atom. The minimum absolute atomic E-state index is 0.00324. The normalized spacial score (nSPS) is 16.2. The molecule has 1 aromatic carbocycles. The number of piperidine rings is 1. The number of nitrogens with zero attached hydrogens (tertiary/aromatic N) is 4. The molecule has 0 radical (unpaired) electrons. The van der Waals surface area contributed by atoms with E-state index in [0.29, 0.717) is 12.2 Å². The Labute approximate surface area is 177 Å². The van der Waals surface area contributed by atoms with Gasteiger partial charge >= 0.3 is 0 Å². The number of pyridine rings is 1. The maximum absolute atomic E-state index is 14.1. The fourth-order valence-electron chi connectivity index (χ4n) is 3.55. The van der Waals surface area contributed by atoms with Crippen molar-refractivity contribution < 1.29 is 13.6 Å². The molecule has 1 saturated heterocycles. The highest BCUT2D eigenvalue weighted by Crippen LogP contribution is 2.28. The van der Waals surface area contributed by atoms with Crippen molar-refractivity contribution in [1.29, 1.82) is 0 Å². The number of rotatable bonds is 4. The van der Waals surface area contributed by atoms with Crippen molar-refractivity contribution in [3.63, 3.8) is 0 Å². The maximum Gasteiger partial charge on any atom is 0.276 e. The van der Waals surface area contributed by atoms with Crippen molar-refractivity contribution >= 4 is 23.0 Å². The zero-order valence-electron chi connectivity index (χ0n) is 16.6. The quantitative estimate of drug-likeness (QED) is 0.587. The molecule has 10 heteroatoms. The van der Waals surface area contributed by atoms with E-state index < -0.39 is 17.5 Å². The van der Waals surface area contributed by atoms with Gasteiger partial charge in [0.15, 0.2) is 23.2 Å². The van der Waals surface area contributed by atoms with Crippen LogP contribution in [-0.2, 0) is 0 Å². The second-order valence-electron chi connectivity index (χ2n) is 7.29. The molecular formula is C21H21F2N7O. The highest BCUT2D eigenvalue weighted by atomic mass is 19.2. The van der Waals surface area contributed by atoms with E-state index in [1.54, 1.807) is 12.3 Å². The first-order chi connectivity index (χ1) is 14.9. The summed E-state index contributed by atoms with van der Waals surface area (Å²) in [6.07, 6.45) is 6.24. The summed E-state index contributed by atoms with van der Waals surface area (Å²) in [6.45, 7) is 1.46. The summed E-state index contributed by atoms with van der Waals surface area (Å²) in [5.41, 5.74) is 12.9. The van der Waals surface area contributed by atoms with E-state index in [1.165, 1.54) is 24.5 Å². The molecule has 0 bridgehead atoms. The lowest BCUT2D eigenvalue weighted by atomic mass is 10.1. The average Bonchev–Trinajstić information content (AvgIpc) is 2.76. The van der Waals surface area contributed by atoms with Crippen LogP contribution in [0.2, 0.25) is 0 Å². The van der Waals surface area contributed by atoms with Gasteiger partial charge in [-0.3, -0.25) is 9.78 Å². The van der Waals surface area contributed by atoms with E-state index in [-0.39, 0.29) is 28.8 Å². The fourth-order valence-corrected chi connectivity index (χ4v) is 3.55. The van der Waals surface area contributed by atoms with Crippen LogP contribution < -0.4 is 21.7 Å². The molecule has 3 aromatic rings. The van der Waals surface area contributed by atoms with E-state index in [9.17, 15) is 13.6 Å². The van der Waals surface area contributed by atoms with Crippen molar-refractivity contribution in [2.75, 3.05) is 29.0 Å². The van der Waals surface area contributed by atoms with Crippen molar-refractivity contribution in [3.8, 4) is 11.4 Å².